The molecule has 0 N–H and O–H groups in total. The monoisotopic (exact) mass is 309 g/mol. The van der Waals surface area contributed by atoms with Crippen LogP contribution < -0.4 is 0 Å². The van der Waals surface area contributed by atoms with Crippen LogP contribution in [0.2, 0.25) is 25.7 Å². The minimum atomic E-state index is -1.11. The minimum absolute atomic E-state index is 0.0900. The van der Waals surface area contributed by atoms with E-state index in [1.54, 1.807) is 0 Å². The third-order valence-electron chi connectivity index (χ3n) is 3.56. The number of hydrogen-bond acceptors (Lipinski definition) is 3. The van der Waals surface area contributed by atoms with Crippen LogP contribution in [0.1, 0.15) is 32.1 Å². The molecule has 0 aromatic heterocycles. The Morgan fingerprint density at radius 2 is 2.05 bits per heavy atom. The number of likely N-dealkylation sites (tertiary alicyclic amines) is 1. The van der Waals surface area contributed by atoms with Crippen molar-refractivity contribution in [3.63, 3.8) is 0 Å². The van der Waals surface area contributed by atoms with Crippen LogP contribution in [0.4, 0.5) is 4.79 Å². The summed E-state index contributed by atoms with van der Waals surface area (Å²) in [5, 5.41) is 0. The van der Waals surface area contributed by atoms with Crippen molar-refractivity contribution in [3.8, 4) is 11.8 Å². The van der Waals surface area contributed by atoms with Crippen molar-refractivity contribution < 1.29 is 14.3 Å². The summed E-state index contributed by atoms with van der Waals surface area (Å²) >= 11 is 0. The highest BCUT2D eigenvalue weighted by Gasteiger charge is 2.30. The number of rotatable bonds is 3. The number of imide groups is 1. The van der Waals surface area contributed by atoms with Crippen LogP contribution in [0.3, 0.4) is 0 Å². The zero-order valence-electron chi connectivity index (χ0n) is 13.7. The molecule has 0 aromatic rings. The van der Waals surface area contributed by atoms with Gasteiger partial charge in [0.15, 0.2) is 0 Å². The fourth-order valence-corrected chi connectivity index (χ4v) is 2.99. The number of nitrogens with zero attached hydrogens (tertiary/aromatic N) is 1. The van der Waals surface area contributed by atoms with Crippen LogP contribution in [-0.2, 0) is 9.53 Å². The smallest absolute Gasteiger partial charge is 0.416 e. The Labute approximate surface area is 129 Å². The molecule has 0 radical (unpaired) electrons. The summed E-state index contributed by atoms with van der Waals surface area (Å²) in [4.78, 5) is 25.2. The van der Waals surface area contributed by atoms with Crippen molar-refractivity contribution in [2.75, 3.05) is 13.7 Å². The Morgan fingerprint density at radius 1 is 1.33 bits per heavy atom. The maximum Gasteiger partial charge on any atom is 0.416 e. The van der Waals surface area contributed by atoms with Gasteiger partial charge in [-0.1, -0.05) is 26.1 Å². The molecular formula is C16H27NO3Si. The van der Waals surface area contributed by atoms with Crippen LogP contribution in [0, 0.1) is 17.8 Å². The number of carbonyl (C=O) groups is 2. The van der Waals surface area contributed by atoms with Gasteiger partial charge in [-0.05, 0) is 19.3 Å². The van der Waals surface area contributed by atoms with Crippen molar-refractivity contribution in [2.45, 2.75) is 57.8 Å². The molecule has 1 aliphatic heterocycles. The fourth-order valence-electron chi connectivity index (χ4n) is 2.34. The van der Waals surface area contributed by atoms with Gasteiger partial charge < -0.3 is 4.74 Å². The maximum absolute atomic E-state index is 12.4. The number of amides is 2. The highest BCUT2D eigenvalue weighted by atomic mass is 28.3. The first-order valence-corrected chi connectivity index (χ1v) is 11.4. The molecule has 1 aliphatic rings. The number of carbonyl (C=O) groups excluding carboxylic acids is 2. The van der Waals surface area contributed by atoms with E-state index in [0.717, 1.165) is 38.1 Å². The zero-order valence-corrected chi connectivity index (χ0v) is 14.7. The summed E-state index contributed by atoms with van der Waals surface area (Å²) in [6, 6.07) is 1.000. The Bertz CT molecular complexity index is 431. The molecule has 2 amide bonds. The molecule has 1 atom stereocenters. The standard InChI is InChI=1S/C16H27NO3Si/c1-20-16(19)17-12-8-7-11-14(15(17)18)10-6-5-9-13-21(2,3)4/h14H,6-8,10-13H2,1-4H3/t14-/m1/s1. The Kier molecular flexibility index (Phi) is 6.96. The second-order valence-electron chi connectivity index (χ2n) is 6.78. The molecule has 5 heteroatoms. The van der Waals surface area contributed by atoms with Gasteiger partial charge in [-0.15, -0.1) is 11.8 Å². The molecule has 1 fully saturated rings. The third kappa shape index (κ3) is 6.34. The molecule has 0 bridgehead atoms. The molecule has 1 saturated heterocycles. The summed E-state index contributed by atoms with van der Waals surface area (Å²) in [5.41, 5.74) is 0. The number of hydrogen-bond donors (Lipinski definition) is 0. The molecule has 1 rings (SSSR count). The first-order chi connectivity index (χ1) is 9.85. The molecule has 0 aliphatic carbocycles. The molecular weight excluding hydrogens is 282 g/mol. The number of methoxy groups -OCH3 is 1. The predicted octanol–water partition coefficient (Wildman–Crippen LogP) is 3.50. The van der Waals surface area contributed by atoms with E-state index in [9.17, 15) is 9.59 Å². The van der Waals surface area contributed by atoms with Crippen LogP contribution in [0.15, 0.2) is 0 Å². The minimum Gasteiger partial charge on any atom is -0.452 e. The fraction of sp³-hybridized carbons (Fsp3) is 0.750. The SMILES string of the molecule is COC(=O)N1CCCC[C@@H](CCC#CC[Si](C)(C)C)C1=O. The van der Waals surface area contributed by atoms with E-state index in [4.69, 9.17) is 0 Å². The Hall–Kier alpha value is -1.28. The Morgan fingerprint density at radius 3 is 2.67 bits per heavy atom. The highest BCUT2D eigenvalue weighted by molar-refractivity contribution is 6.76. The average Bonchev–Trinajstić information content (AvgIpc) is 2.59. The summed E-state index contributed by atoms with van der Waals surface area (Å²) in [6.07, 6.45) is 3.63. The van der Waals surface area contributed by atoms with Crippen molar-refractivity contribution in [1.29, 1.82) is 0 Å². The van der Waals surface area contributed by atoms with Gasteiger partial charge in [-0.2, -0.15) is 0 Å². The lowest BCUT2D eigenvalue weighted by Crippen LogP contribution is -2.39. The van der Waals surface area contributed by atoms with Gasteiger partial charge in [0.2, 0.25) is 5.91 Å². The van der Waals surface area contributed by atoms with Gasteiger partial charge in [-0.3, -0.25) is 4.79 Å². The second kappa shape index (κ2) is 8.23. The third-order valence-corrected chi connectivity index (χ3v) is 4.79. The molecule has 21 heavy (non-hydrogen) atoms. The van der Waals surface area contributed by atoms with Crippen LogP contribution in [0.25, 0.3) is 0 Å². The van der Waals surface area contributed by atoms with Gasteiger partial charge in [0.05, 0.1) is 15.2 Å². The van der Waals surface area contributed by atoms with Gasteiger partial charge in [-0.25, -0.2) is 9.69 Å². The molecule has 0 saturated carbocycles. The zero-order chi connectivity index (χ0) is 15.9. The first kappa shape index (κ1) is 17.8. The summed E-state index contributed by atoms with van der Waals surface area (Å²) < 4.78 is 4.69. The molecule has 1 heterocycles. The van der Waals surface area contributed by atoms with Gasteiger partial charge in [0.1, 0.15) is 0 Å². The molecule has 0 spiro atoms. The van der Waals surface area contributed by atoms with Gasteiger partial charge in [0.25, 0.3) is 0 Å². The lowest BCUT2D eigenvalue weighted by Gasteiger charge is -2.20. The van der Waals surface area contributed by atoms with E-state index in [1.165, 1.54) is 12.0 Å². The van der Waals surface area contributed by atoms with Crippen LogP contribution >= 0.6 is 0 Å². The van der Waals surface area contributed by atoms with Crippen LogP contribution in [-0.4, -0.2) is 38.6 Å². The highest BCUT2D eigenvalue weighted by Crippen LogP contribution is 2.22. The van der Waals surface area contributed by atoms with E-state index < -0.39 is 14.2 Å². The number of ether oxygens (including phenoxy) is 1. The van der Waals surface area contributed by atoms with Gasteiger partial charge in [0, 0.05) is 24.9 Å². The van der Waals surface area contributed by atoms with Crippen molar-refractivity contribution in [2.24, 2.45) is 5.92 Å². The largest absolute Gasteiger partial charge is 0.452 e. The van der Waals surface area contributed by atoms with E-state index >= 15 is 0 Å². The lowest BCUT2D eigenvalue weighted by atomic mass is 9.97. The molecule has 0 aromatic carbocycles. The topological polar surface area (TPSA) is 46.6 Å². The van der Waals surface area contributed by atoms with Crippen molar-refractivity contribution >= 4 is 20.1 Å². The normalized spacial score (nSPS) is 19.5. The predicted molar refractivity (Wildman–Crippen MR) is 86.6 cm³/mol. The van der Waals surface area contributed by atoms with Crippen LogP contribution in [0.5, 0.6) is 0 Å². The van der Waals surface area contributed by atoms with E-state index in [-0.39, 0.29) is 11.8 Å². The summed E-state index contributed by atoms with van der Waals surface area (Å²) in [5.74, 6) is 6.24. The lowest BCUT2D eigenvalue weighted by molar-refractivity contribution is -0.133. The van der Waals surface area contributed by atoms with Crippen molar-refractivity contribution in [1.82, 2.24) is 4.90 Å². The van der Waals surface area contributed by atoms with E-state index in [2.05, 4.69) is 36.2 Å². The summed E-state index contributed by atoms with van der Waals surface area (Å²) in [6.45, 7) is 7.36. The van der Waals surface area contributed by atoms with Crippen molar-refractivity contribution in [3.05, 3.63) is 0 Å². The van der Waals surface area contributed by atoms with E-state index in [1.807, 2.05) is 0 Å². The average molecular weight is 309 g/mol. The summed E-state index contributed by atoms with van der Waals surface area (Å²) in [7, 11) is 0.208. The quantitative estimate of drug-likeness (QED) is 0.592. The van der Waals surface area contributed by atoms with E-state index in [0.29, 0.717) is 6.54 Å². The van der Waals surface area contributed by atoms with Gasteiger partial charge >= 0.3 is 6.09 Å². The second-order valence-corrected chi connectivity index (χ2v) is 12.3. The first-order valence-electron chi connectivity index (χ1n) is 7.70. The maximum atomic E-state index is 12.4. The Balaban J connectivity index is 2.53. The molecule has 0 unspecified atom stereocenters. The molecule has 118 valence electrons. The molecule has 4 nitrogen and oxygen atoms in total.